The van der Waals surface area contributed by atoms with Crippen molar-refractivity contribution in [3.05, 3.63) is 54.1 Å². The molecule has 3 rings (SSSR count). The standard InChI is InChI=1S/C17H22N4O/c1-18-11-16-3-2-9-21(16)17(22)15-6-4-14(5-7-15)12-20-10-8-19-13-20/h4-8,10,13,16,18H,2-3,9,11-12H2,1H3/t16-/m0/s1. The van der Waals surface area contributed by atoms with E-state index >= 15 is 0 Å². The number of benzene rings is 1. The van der Waals surface area contributed by atoms with Crippen LogP contribution in [-0.4, -0.2) is 46.5 Å². The first kappa shape index (κ1) is 14.8. The summed E-state index contributed by atoms with van der Waals surface area (Å²) in [5.74, 6) is 0.145. The third-order valence-corrected chi connectivity index (χ3v) is 4.20. The number of hydrogen-bond donors (Lipinski definition) is 1. The van der Waals surface area contributed by atoms with Crippen LogP contribution in [0.5, 0.6) is 0 Å². The summed E-state index contributed by atoms with van der Waals surface area (Å²) in [5.41, 5.74) is 1.94. The number of likely N-dealkylation sites (N-methyl/N-ethyl adjacent to an activating group) is 1. The Balaban J connectivity index is 1.68. The van der Waals surface area contributed by atoms with Crippen LogP contribution in [-0.2, 0) is 6.54 Å². The summed E-state index contributed by atoms with van der Waals surface area (Å²) in [7, 11) is 1.94. The summed E-state index contributed by atoms with van der Waals surface area (Å²) >= 11 is 0. The Morgan fingerprint density at radius 2 is 2.18 bits per heavy atom. The molecular formula is C17H22N4O. The van der Waals surface area contributed by atoms with Crippen molar-refractivity contribution in [2.45, 2.75) is 25.4 Å². The van der Waals surface area contributed by atoms with Gasteiger partial charge in [-0.05, 0) is 37.6 Å². The molecule has 1 fully saturated rings. The number of hydrogen-bond acceptors (Lipinski definition) is 3. The highest BCUT2D eigenvalue weighted by atomic mass is 16.2. The number of carbonyl (C=O) groups excluding carboxylic acids is 1. The van der Waals surface area contributed by atoms with Crippen molar-refractivity contribution in [1.29, 1.82) is 0 Å². The van der Waals surface area contributed by atoms with E-state index < -0.39 is 0 Å². The van der Waals surface area contributed by atoms with E-state index in [4.69, 9.17) is 0 Å². The fourth-order valence-electron chi connectivity index (χ4n) is 3.06. The summed E-state index contributed by atoms with van der Waals surface area (Å²) in [6.07, 6.45) is 7.69. The molecule has 0 bridgehead atoms. The molecule has 0 radical (unpaired) electrons. The number of rotatable bonds is 5. The maximum atomic E-state index is 12.6. The van der Waals surface area contributed by atoms with Crippen LogP contribution in [0.15, 0.2) is 43.0 Å². The minimum atomic E-state index is 0.145. The number of amides is 1. The van der Waals surface area contributed by atoms with Crippen LogP contribution in [0.25, 0.3) is 0 Å². The number of carbonyl (C=O) groups is 1. The van der Waals surface area contributed by atoms with Gasteiger partial charge in [0, 0.05) is 43.6 Å². The summed E-state index contributed by atoms with van der Waals surface area (Å²) < 4.78 is 2.01. The SMILES string of the molecule is CNC[C@@H]1CCCN1C(=O)c1ccc(Cn2ccnc2)cc1. The summed E-state index contributed by atoms with van der Waals surface area (Å²) in [5, 5.41) is 3.18. The second-order valence-electron chi connectivity index (χ2n) is 5.78. The number of likely N-dealkylation sites (tertiary alicyclic amines) is 1. The third-order valence-electron chi connectivity index (χ3n) is 4.20. The van der Waals surface area contributed by atoms with Crippen LogP contribution in [0.3, 0.4) is 0 Å². The van der Waals surface area contributed by atoms with E-state index in [0.29, 0.717) is 6.04 Å². The summed E-state index contributed by atoms with van der Waals surface area (Å²) in [4.78, 5) is 18.7. The van der Waals surface area contributed by atoms with Gasteiger partial charge >= 0.3 is 0 Å². The first-order valence-electron chi connectivity index (χ1n) is 7.78. The van der Waals surface area contributed by atoms with Gasteiger partial charge in [-0.2, -0.15) is 0 Å². The number of aromatic nitrogens is 2. The topological polar surface area (TPSA) is 50.2 Å². The van der Waals surface area contributed by atoms with Crippen molar-refractivity contribution in [3.63, 3.8) is 0 Å². The van der Waals surface area contributed by atoms with E-state index in [1.54, 1.807) is 12.5 Å². The lowest BCUT2D eigenvalue weighted by Crippen LogP contribution is -2.40. The highest BCUT2D eigenvalue weighted by Crippen LogP contribution is 2.20. The largest absolute Gasteiger partial charge is 0.334 e. The zero-order valence-electron chi connectivity index (χ0n) is 12.9. The van der Waals surface area contributed by atoms with E-state index in [1.165, 1.54) is 5.56 Å². The van der Waals surface area contributed by atoms with Crippen LogP contribution in [0.2, 0.25) is 0 Å². The van der Waals surface area contributed by atoms with Crippen LogP contribution in [0.4, 0.5) is 0 Å². The van der Waals surface area contributed by atoms with E-state index in [0.717, 1.165) is 38.0 Å². The normalized spacial score (nSPS) is 17.9. The van der Waals surface area contributed by atoms with Crippen molar-refractivity contribution in [1.82, 2.24) is 19.8 Å². The molecule has 5 heteroatoms. The molecule has 116 valence electrons. The first-order valence-corrected chi connectivity index (χ1v) is 7.78. The molecule has 0 aliphatic carbocycles. The first-order chi connectivity index (χ1) is 10.8. The molecular weight excluding hydrogens is 276 g/mol. The molecule has 1 aliphatic heterocycles. The Bertz CT molecular complexity index is 606. The summed E-state index contributed by atoms with van der Waals surface area (Å²) in [6, 6.07) is 8.24. The van der Waals surface area contributed by atoms with E-state index in [-0.39, 0.29) is 5.91 Å². The number of nitrogens with zero attached hydrogens (tertiary/aromatic N) is 3. The van der Waals surface area contributed by atoms with Gasteiger partial charge in [-0.15, -0.1) is 0 Å². The van der Waals surface area contributed by atoms with Gasteiger partial charge in [0.15, 0.2) is 0 Å². The fourth-order valence-corrected chi connectivity index (χ4v) is 3.06. The highest BCUT2D eigenvalue weighted by Gasteiger charge is 2.28. The zero-order chi connectivity index (χ0) is 15.4. The minimum absolute atomic E-state index is 0.145. The Morgan fingerprint density at radius 1 is 1.36 bits per heavy atom. The molecule has 0 spiro atoms. The molecule has 1 N–H and O–H groups in total. The second kappa shape index (κ2) is 6.75. The third kappa shape index (κ3) is 3.20. The van der Waals surface area contributed by atoms with Crippen molar-refractivity contribution in [2.24, 2.45) is 0 Å². The monoisotopic (exact) mass is 298 g/mol. The maximum absolute atomic E-state index is 12.6. The average Bonchev–Trinajstić information content (AvgIpc) is 3.19. The molecule has 1 aromatic heterocycles. The minimum Gasteiger partial charge on any atom is -0.334 e. The van der Waals surface area contributed by atoms with Crippen LogP contribution < -0.4 is 5.32 Å². The van der Waals surface area contributed by atoms with Gasteiger partial charge in [0.1, 0.15) is 0 Å². The average molecular weight is 298 g/mol. The molecule has 0 unspecified atom stereocenters. The molecule has 5 nitrogen and oxygen atoms in total. The van der Waals surface area contributed by atoms with Gasteiger partial charge in [0.2, 0.25) is 0 Å². The quantitative estimate of drug-likeness (QED) is 0.915. The predicted octanol–water partition coefficient (Wildman–Crippen LogP) is 1.76. The lowest BCUT2D eigenvalue weighted by atomic mass is 10.1. The van der Waals surface area contributed by atoms with Crippen molar-refractivity contribution in [2.75, 3.05) is 20.1 Å². The molecule has 22 heavy (non-hydrogen) atoms. The van der Waals surface area contributed by atoms with Crippen molar-refractivity contribution < 1.29 is 4.79 Å². The van der Waals surface area contributed by atoms with Crippen molar-refractivity contribution in [3.8, 4) is 0 Å². The molecule has 2 aromatic rings. The van der Waals surface area contributed by atoms with Crippen molar-refractivity contribution >= 4 is 5.91 Å². The second-order valence-corrected chi connectivity index (χ2v) is 5.78. The number of nitrogens with one attached hydrogen (secondary N) is 1. The predicted molar refractivity (Wildman–Crippen MR) is 85.8 cm³/mol. The Labute approximate surface area is 131 Å². The lowest BCUT2D eigenvalue weighted by molar-refractivity contribution is 0.0737. The molecule has 1 amide bonds. The molecule has 1 aliphatic rings. The number of imidazole rings is 1. The fraction of sp³-hybridized carbons (Fsp3) is 0.412. The molecule has 1 saturated heterocycles. The lowest BCUT2D eigenvalue weighted by Gasteiger charge is -2.24. The molecule has 1 atom stereocenters. The summed E-state index contributed by atoms with van der Waals surface area (Å²) in [6.45, 7) is 2.51. The van der Waals surface area contributed by atoms with Gasteiger partial charge in [0.05, 0.1) is 6.33 Å². The van der Waals surface area contributed by atoms with Gasteiger partial charge in [-0.25, -0.2) is 4.98 Å². The van der Waals surface area contributed by atoms with Gasteiger partial charge < -0.3 is 14.8 Å². The maximum Gasteiger partial charge on any atom is 0.254 e. The van der Waals surface area contributed by atoms with E-state index in [9.17, 15) is 4.79 Å². The smallest absolute Gasteiger partial charge is 0.254 e. The van der Waals surface area contributed by atoms with E-state index in [1.807, 2.05) is 47.0 Å². The Hall–Kier alpha value is -2.14. The van der Waals surface area contributed by atoms with Crippen LogP contribution in [0.1, 0.15) is 28.8 Å². The van der Waals surface area contributed by atoms with Gasteiger partial charge in [-0.1, -0.05) is 12.1 Å². The highest BCUT2D eigenvalue weighted by molar-refractivity contribution is 5.94. The molecule has 1 aromatic carbocycles. The van der Waals surface area contributed by atoms with E-state index in [2.05, 4.69) is 10.3 Å². The Kier molecular flexibility index (Phi) is 4.53. The van der Waals surface area contributed by atoms with Crippen LogP contribution in [0, 0.1) is 0 Å². The van der Waals surface area contributed by atoms with Gasteiger partial charge in [0.25, 0.3) is 5.91 Å². The molecule has 2 heterocycles. The van der Waals surface area contributed by atoms with Gasteiger partial charge in [-0.3, -0.25) is 4.79 Å². The molecule has 0 saturated carbocycles. The Morgan fingerprint density at radius 3 is 2.86 bits per heavy atom. The zero-order valence-corrected chi connectivity index (χ0v) is 12.9. The van der Waals surface area contributed by atoms with Crippen LogP contribution >= 0.6 is 0 Å².